The second-order valence-corrected chi connectivity index (χ2v) is 4.18. The Morgan fingerprint density at radius 1 is 1.23 bits per heavy atom. The number of hydrogen-bond acceptors (Lipinski definition) is 4. The van der Waals surface area contributed by atoms with Gasteiger partial charge in [0.05, 0.1) is 11.3 Å². The molecule has 0 heterocycles. The normalized spacial score (nSPS) is 11.1. The van der Waals surface area contributed by atoms with Crippen molar-refractivity contribution in [1.29, 1.82) is 0 Å². The number of carbonyl (C=O) groups excluding carboxylic acids is 2. The van der Waals surface area contributed by atoms with Gasteiger partial charge in [-0.05, 0) is 18.6 Å². The van der Waals surface area contributed by atoms with Gasteiger partial charge in [-0.1, -0.05) is 12.1 Å². The van der Waals surface area contributed by atoms with Crippen molar-refractivity contribution in [2.24, 2.45) is 0 Å². The Labute approximate surface area is 123 Å². The first-order valence-electron chi connectivity index (χ1n) is 6.12. The van der Waals surface area contributed by atoms with E-state index >= 15 is 0 Å². The predicted octanol–water partition coefficient (Wildman–Crippen LogP) is 2.66. The van der Waals surface area contributed by atoms with E-state index in [-0.39, 0.29) is 25.3 Å². The summed E-state index contributed by atoms with van der Waals surface area (Å²) in [5.74, 6) is -3.65. The zero-order valence-corrected chi connectivity index (χ0v) is 11.5. The van der Waals surface area contributed by atoms with E-state index in [1.165, 1.54) is 19.2 Å². The van der Waals surface area contributed by atoms with E-state index < -0.39 is 23.6 Å². The minimum atomic E-state index is -5.14. The maximum atomic E-state index is 12.7. The number of para-hydroxylation sites is 1. The molecule has 0 atom stereocenters. The zero-order chi connectivity index (χ0) is 16.8. The van der Waals surface area contributed by atoms with E-state index in [1.807, 2.05) is 0 Å². The average Bonchev–Trinajstić information content (AvgIpc) is 2.49. The van der Waals surface area contributed by atoms with E-state index in [4.69, 9.17) is 4.74 Å². The van der Waals surface area contributed by atoms with E-state index in [1.54, 1.807) is 0 Å². The number of nitrogens with zero attached hydrogens (tertiary/aromatic N) is 1. The van der Waals surface area contributed by atoms with Crippen LogP contribution in [0.15, 0.2) is 24.3 Å². The lowest BCUT2D eigenvalue weighted by Gasteiger charge is -2.25. The number of methoxy groups -OCH3 is 1. The fourth-order valence-corrected chi connectivity index (χ4v) is 1.77. The Morgan fingerprint density at radius 3 is 2.41 bits per heavy atom. The number of carbonyl (C=O) groups is 2. The van der Waals surface area contributed by atoms with Gasteiger partial charge in [-0.15, -0.1) is 0 Å². The molecule has 0 aliphatic carbocycles. The van der Waals surface area contributed by atoms with Crippen molar-refractivity contribution in [2.75, 3.05) is 25.2 Å². The SMILES string of the molecule is COCCCN(C(=O)C(F)(F)F)c1ccccc1C(=O)OF. The number of anilines is 1. The average molecular weight is 323 g/mol. The van der Waals surface area contributed by atoms with Gasteiger partial charge < -0.3 is 9.64 Å². The fraction of sp³-hybridized carbons (Fsp3) is 0.385. The number of benzene rings is 1. The Kier molecular flexibility index (Phi) is 6.29. The number of rotatable bonds is 6. The molecule has 0 aliphatic heterocycles. The first-order chi connectivity index (χ1) is 10.3. The van der Waals surface area contributed by atoms with Crippen LogP contribution in [0.4, 0.5) is 23.4 Å². The van der Waals surface area contributed by atoms with Crippen LogP contribution in [0.25, 0.3) is 0 Å². The molecule has 0 aromatic heterocycles. The third-order valence-electron chi connectivity index (χ3n) is 2.70. The predicted molar refractivity (Wildman–Crippen MR) is 67.9 cm³/mol. The molecule has 5 nitrogen and oxygen atoms in total. The van der Waals surface area contributed by atoms with Crippen LogP contribution in [0.3, 0.4) is 0 Å². The summed E-state index contributed by atoms with van der Waals surface area (Å²) in [6, 6.07) is 4.78. The van der Waals surface area contributed by atoms with Crippen LogP contribution in [0.1, 0.15) is 16.8 Å². The highest BCUT2D eigenvalue weighted by molar-refractivity contribution is 6.04. The molecule has 1 aromatic rings. The summed E-state index contributed by atoms with van der Waals surface area (Å²) >= 11 is 0. The summed E-state index contributed by atoms with van der Waals surface area (Å²) in [7, 11) is 1.35. The fourth-order valence-electron chi connectivity index (χ4n) is 1.77. The molecule has 0 spiro atoms. The molecule has 1 amide bonds. The van der Waals surface area contributed by atoms with Crippen LogP contribution in [-0.2, 0) is 14.5 Å². The second kappa shape index (κ2) is 7.74. The molecule has 0 unspecified atom stereocenters. The molecule has 0 radical (unpaired) electrons. The van der Waals surface area contributed by atoms with Crippen LogP contribution >= 0.6 is 0 Å². The second-order valence-electron chi connectivity index (χ2n) is 4.18. The van der Waals surface area contributed by atoms with Gasteiger partial charge in [0.1, 0.15) is 0 Å². The van der Waals surface area contributed by atoms with Gasteiger partial charge in [-0.3, -0.25) is 4.79 Å². The lowest BCUT2D eigenvalue weighted by Crippen LogP contribution is -2.42. The molecule has 0 saturated carbocycles. The minimum absolute atomic E-state index is 0.0946. The summed E-state index contributed by atoms with van der Waals surface area (Å²) in [5, 5.41) is 0. The molecule has 0 aliphatic rings. The van der Waals surface area contributed by atoms with Gasteiger partial charge in [0.25, 0.3) is 0 Å². The third kappa shape index (κ3) is 4.42. The molecule has 1 rings (SSSR count). The van der Waals surface area contributed by atoms with Gasteiger partial charge in [0.2, 0.25) is 0 Å². The number of alkyl halides is 3. The van der Waals surface area contributed by atoms with Crippen molar-refractivity contribution in [3.63, 3.8) is 0 Å². The highest BCUT2D eigenvalue weighted by Crippen LogP contribution is 2.27. The Morgan fingerprint density at radius 2 is 1.86 bits per heavy atom. The summed E-state index contributed by atoms with van der Waals surface area (Å²) in [4.78, 5) is 26.2. The van der Waals surface area contributed by atoms with Crippen molar-refractivity contribution >= 4 is 17.6 Å². The summed E-state index contributed by atoms with van der Waals surface area (Å²) < 4.78 is 54.9. The van der Waals surface area contributed by atoms with Crippen LogP contribution in [0, 0.1) is 0 Å². The maximum Gasteiger partial charge on any atom is 0.471 e. The molecule has 122 valence electrons. The number of amides is 1. The minimum Gasteiger partial charge on any atom is -0.385 e. The highest BCUT2D eigenvalue weighted by Gasteiger charge is 2.43. The topological polar surface area (TPSA) is 55.8 Å². The highest BCUT2D eigenvalue weighted by atomic mass is 19.4. The van der Waals surface area contributed by atoms with Gasteiger partial charge in [-0.25, -0.2) is 9.74 Å². The Balaban J connectivity index is 3.21. The molecule has 9 heteroatoms. The molecule has 0 bridgehead atoms. The van der Waals surface area contributed by atoms with Crippen LogP contribution in [0.2, 0.25) is 0 Å². The van der Waals surface area contributed by atoms with Gasteiger partial charge in [0, 0.05) is 24.8 Å². The first kappa shape index (κ1) is 17.9. The summed E-state index contributed by atoms with van der Waals surface area (Å²) in [5.41, 5.74) is -0.872. The molecule has 0 saturated heterocycles. The molecule has 22 heavy (non-hydrogen) atoms. The van der Waals surface area contributed by atoms with Crippen molar-refractivity contribution < 1.29 is 37.0 Å². The molecule has 1 aromatic carbocycles. The van der Waals surface area contributed by atoms with E-state index in [9.17, 15) is 27.3 Å². The van der Waals surface area contributed by atoms with Crippen molar-refractivity contribution in [1.82, 2.24) is 0 Å². The van der Waals surface area contributed by atoms with E-state index in [2.05, 4.69) is 4.94 Å². The molecule has 0 N–H and O–H groups in total. The molecular weight excluding hydrogens is 310 g/mol. The molecular formula is C13H13F4NO4. The summed E-state index contributed by atoms with van der Waals surface area (Å²) in [6.45, 7) is -0.250. The standard InChI is InChI=1S/C13H13F4NO4/c1-21-8-4-7-18(12(20)13(14,15)16)10-6-3-2-5-9(10)11(19)22-17/h2-3,5-6H,4,7-8H2,1H3. The number of ether oxygens (including phenoxy) is 1. The summed E-state index contributed by atoms with van der Waals surface area (Å²) in [6.07, 6.45) is -5.04. The van der Waals surface area contributed by atoms with Crippen LogP contribution in [0.5, 0.6) is 0 Å². The van der Waals surface area contributed by atoms with Gasteiger partial charge in [0.15, 0.2) is 0 Å². The van der Waals surface area contributed by atoms with Crippen molar-refractivity contribution in [3.05, 3.63) is 29.8 Å². The zero-order valence-electron chi connectivity index (χ0n) is 11.5. The Bertz CT molecular complexity index is 533. The van der Waals surface area contributed by atoms with Gasteiger partial charge >= 0.3 is 18.1 Å². The van der Waals surface area contributed by atoms with Gasteiger partial charge in [-0.2, -0.15) is 13.2 Å². The largest absolute Gasteiger partial charge is 0.471 e. The number of halogens is 4. The first-order valence-corrected chi connectivity index (χ1v) is 6.12. The van der Waals surface area contributed by atoms with E-state index in [0.29, 0.717) is 4.90 Å². The lowest BCUT2D eigenvalue weighted by molar-refractivity contribution is -0.170. The Hall–Kier alpha value is -2.16. The molecule has 0 fully saturated rings. The van der Waals surface area contributed by atoms with E-state index in [0.717, 1.165) is 12.1 Å². The van der Waals surface area contributed by atoms with Crippen molar-refractivity contribution in [2.45, 2.75) is 12.6 Å². The van der Waals surface area contributed by atoms with Crippen LogP contribution in [-0.4, -0.2) is 38.3 Å². The lowest BCUT2D eigenvalue weighted by atomic mass is 10.1. The van der Waals surface area contributed by atoms with Crippen molar-refractivity contribution in [3.8, 4) is 0 Å². The quantitative estimate of drug-likeness (QED) is 0.596. The number of hydrogen-bond donors (Lipinski definition) is 0. The smallest absolute Gasteiger partial charge is 0.385 e. The third-order valence-corrected chi connectivity index (χ3v) is 2.70. The van der Waals surface area contributed by atoms with Crippen LogP contribution < -0.4 is 4.90 Å². The monoisotopic (exact) mass is 323 g/mol. The maximum absolute atomic E-state index is 12.7.